The van der Waals surface area contributed by atoms with Crippen molar-refractivity contribution in [1.29, 1.82) is 0 Å². The first-order chi connectivity index (χ1) is 13.1. The lowest BCUT2D eigenvalue weighted by Crippen LogP contribution is -2.36. The molecule has 1 fully saturated rings. The van der Waals surface area contributed by atoms with E-state index in [2.05, 4.69) is 27.0 Å². The van der Waals surface area contributed by atoms with Crippen molar-refractivity contribution in [2.75, 3.05) is 20.3 Å². The standard InChI is InChI=1S/C21H27N3O3/c1-14-22-20-12-17-6-5-16(11-19(20)21(25)23-14)24(17)13-15-3-7-18(8-4-15)27-10-9-26-2/h3-4,7-8,16-17H,5-6,9-13H2,1-2H3,(H,22,23,25)/t16-,17-/m0/s1. The van der Waals surface area contributed by atoms with Gasteiger partial charge in [-0.15, -0.1) is 0 Å². The van der Waals surface area contributed by atoms with E-state index in [-0.39, 0.29) is 5.56 Å². The second kappa shape index (κ2) is 7.82. The number of rotatable bonds is 6. The van der Waals surface area contributed by atoms with E-state index in [1.54, 1.807) is 7.11 Å². The lowest BCUT2D eigenvalue weighted by atomic mass is 9.98. The number of fused-ring (bicyclic) bond motifs is 3. The topological polar surface area (TPSA) is 67.5 Å². The van der Waals surface area contributed by atoms with Gasteiger partial charge in [0.2, 0.25) is 0 Å². The van der Waals surface area contributed by atoms with Crippen LogP contribution in [0.25, 0.3) is 0 Å². The van der Waals surface area contributed by atoms with Gasteiger partial charge in [-0.2, -0.15) is 0 Å². The zero-order valence-electron chi connectivity index (χ0n) is 16.0. The molecule has 3 heterocycles. The largest absolute Gasteiger partial charge is 0.491 e. The van der Waals surface area contributed by atoms with Gasteiger partial charge in [-0.25, -0.2) is 4.98 Å². The summed E-state index contributed by atoms with van der Waals surface area (Å²) in [6.45, 7) is 3.91. The van der Waals surface area contributed by atoms with Gasteiger partial charge in [0.05, 0.1) is 12.3 Å². The fourth-order valence-electron chi connectivity index (χ4n) is 4.36. The van der Waals surface area contributed by atoms with Crippen LogP contribution in [-0.2, 0) is 24.1 Å². The van der Waals surface area contributed by atoms with Gasteiger partial charge in [0.15, 0.2) is 0 Å². The number of nitrogens with one attached hydrogen (secondary N) is 1. The van der Waals surface area contributed by atoms with Crippen LogP contribution in [-0.4, -0.2) is 47.3 Å². The van der Waals surface area contributed by atoms with Gasteiger partial charge in [-0.05, 0) is 43.9 Å². The third-order valence-corrected chi connectivity index (χ3v) is 5.70. The predicted molar refractivity (Wildman–Crippen MR) is 103 cm³/mol. The third-order valence-electron chi connectivity index (χ3n) is 5.70. The number of H-pyrrole nitrogens is 1. The molecule has 2 atom stereocenters. The van der Waals surface area contributed by atoms with Crippen LogP contribution >= 0.6 is 0 Å². The summed E-state index contributed by atoms with van der Waals surface area (Å²) >= 11 is 0. The maximum atomic E-state index is 12.4. The Morgan fingerprint density at radius 1 is 1.15 bits per heavy atom. The van der Waals surface area contributed by atoms with E-state index in [1.165, 1.54) is 12.0 Å². The van der Waals surface area contributed by atoms with Crippen molar-refractivity contribution < 1.29 is 9.47 Å². The number of ether oxygens (including phenoxy) is 2. The van der Waals surface area contributed by atoms with E-state index in [0.717, 1.165) is 42.8 Å². The van der Waals surface area contributed by atoms with Gasteiger partial charge in [0.25, 0.3) is 5.56 Å². The number of hydrogen-bond donors (Lipinski definition) is 1. The van der Waals surface area contributed by atoms with Crippen molar-refractivity contribution in [2.45, 2.75) is 51.2 Å². The normalized spacial score (nSPS) is 21.7. The SMILES string of the molecule is COCCOc1ccc(CN2[C@H]3CC[C@H]2Cc2c(nc(C)[nH]c2=O)C3)cc1. The van der Waals surface area contributed by atoms with Crippen LogP contribution in [0.4, 0.5) is 0 Å². The van der Waals surface area contributed by atoms with Gasteiger partial charge < -0.3 is 14.5 Å². The summed E-state index contributed by atoms with van der Waals surface area (Å²) in [6.07, 6.45) is 3.99. The van der Waals surface area contributed by atoms with Crippen molar-refractivity contribution >= 4 is 0 Å². The summed E-state index contributed by atoms with van der Waals surface area (Å²) in [6, 6.07) is 9.19. The molecule has 0 radical (unpaired) electrons. The van der Waals surface area contributed by atoms with Crippen LogP contribution in [0.15, 0.2) is 29.1 Å². The molecule has 1 saturated heterocycles. The average molecular weight is 369 g/mol. The summed E-state index contributed by atoms with van der Waals surface area (Å²) in [7, 11) is 1.67. The quantitative estimate of drug-likeness (QED) is 0.791. The molecule has 2 bridgehead atoms. The second-order valence-electron chi connectivity index (χ2n) is 7.53. The van der Waals surface area contributed by atoms with Crippen LogP contribution in [0, 0.1) is 6.92 Å². The molecule has 0 unspecified atom stereocenters. The highest BCUT2D eigenvalue weighted by molar-refractivity contribution is 5.28. The summed E-state index contributed by atoms with van der Waals surface area (Å²) < 4.78 is 10.7. The van der Waals surface area contributed by atoms with E-state index >= 15 is 0 Å². The highest BCUT2D eigenvalue weighted by Crippen LogP contribution is 2.33. The summed E-state index contributed by atoms with van der Waals surface area (Å²) in [5.74, 6) is 1.58. The molecular weight excluding hydrogens is 342 g/mol. The van der Waals surface area contributed by atoms with E-state index in [4.69, 9.17) is 9.47 Å². The molecule has 2 aromatic rings. The minimum atomic E-state index is 0.0440. The monoisotopic (exact) mass is 369 g/mol. The van der Waals surface area contributed by atoms with Crippen molar-refractivity contribution in [3.63, 3.8) is 0 Å². The molecule has 0 amide bonds. The molecule has 1 aromatic carbocycles. The zero-order chi connectivity index (χ0) is 18.8. The van der Waals surface area contributed by atoms with E-state index in [9.17, 15) is 4.79 Å². The Kier molecular flexibility index (Phi) is 5.27. The molecule has 0 saturated carbocycles. The number of nitrogens with zero attached hydrogens (tertiary/aromatic N) is 2. The highest BCUT2D eigenvalue weighted by Gasteiger charge is 2.38. The molecule has 0 spiro atoms. The van der Waals surface area contributed by atoms with Crippen LogP contribution < -0.4 is 10.3 Å². The smallest absolute Gasteiger partial charge is 0.254 e. The number of methoxy groups -OCH3 is 1. The molecule has 0 aliphatic carbocycles. The molecule has 144 valence electrons. The van der Waals surface area contributed by atoms with Crippen LogP contribution in [0.2, 0.25) is 0 Å². The number of benzene rings is 1. The van der Waals surface area contributed by atoms with E-state index < -0.39 is 0 Å². The van der Waals surface area contributed by atoms with E-state index in [1.807, 2.05) is 19.1 Å². The molecule has 1 aromatic heterocycles. The number of aromatic nitrogens is 2. The summed E-state index contributed by atoms with van der Waals surface area (Å²) in [5, 5.41) is 0. The number of aromatic amines is 1. The Bertz CT molecular complexity index is 847. The number of hydrogen-bond acceptors (Lipinski definition) is 5. The minimum absolute atomic E-state index is 0.0440. The Balaban J connectivity index is 1.47. The Labute approximate surface area is 159 Å². The highest BCUT2D eigenvalue weighted by atomic mass is 16.5. The Morgan fingerprint density at radius 3 is 2.63 bits per heavy atom. The Hall–Kier alpha value is -2.18. The Morgan fingerprint density at radius 2 is 1.89 bits per heavy atom. The number of aryl methyl sites for hydroxylation is 1. The molecule has 27 heavy (non-hydrogen) atoms. The van der Waals surface area contributed by atoms with Gasteiger partial charge in [-0.3, -0.25) is 9.69 Å². The maximum Gasteiger partial charge on any atom is 0.254 e. The second-order valence-corrected chi connectivity index (χ2v) is 7.53. The molecule has 1 N–H and O–H groups in total. The van der Waals surface area contributed by atoms with Gasteiger partial charge in [-0.1, -0.05) is 12.1 Å². The lowest BCUT2D eigenvalue weighted by Gasteiger charge is -2.28. The fraction of sp³-hybridized carbons (Fsp3) is 0.524. The fourth-order valence-corrected chi connectivity index (χ4v) is 4.36. The maximum absolute atomic E-state index is 12.4. The zero-order valence-corrected chi connectivity index (χ0v) is 16.0. The van der Waals surface area contributed by atoms with Gasteiger partial charge in [0.1, 0.15) is 18.2 Å². The first-order valence-electron chi connectivity index (χ1n) is 9.69. The average Bonchev–Trinajstić information content (AvgIpc) is 2.92. The molecule has 2 aliphatic rings. The van der Waals surface area contributed by atoms with Crippen LogP contribution in [0.1, 0.15) is 35.5 Å². The third kappa shape index (κ3) is 3.92. The van der Waals surface area contributed by atoms with E-state index in [0.29, 0.717) is 31.1 Å². The molecule has 4 rings (SSSR count). The molecule has 2 aliphatic heterocycles. The van der Waals surface area contributed by atoms with Gasteiger partial charge >= 0.3 is 0 Å². The molecular formula is C21H27N3O3. The first kappa shape index (κ1) is 18.2. The van der Waals surface area contributed by atoms with Crippen LogP contribution in [0.3, 0.4) is 0 Å². The van der Waals surface area contributed by atoms with Crippen molar-refractivity contribution in [3.8, 4) is 5.75 Å². The van der Waals surface area contributed by atoms with Crippen molar-refractivity contribution in [3.05, 3.63) is 57.3 Å². The van der Waals surface area contributed by atoms with Crippen molar-refractivity contribution in [2.24, 2.45) is 0 Å². The van der Waals surface area contributed by atoms with Gasteiger partial charge in [0, 0.05) is 37.7 Å². The molecule has 6 nitrogen and oxygen atoms in total. The predicted octanol–water partition coefficient (Wildman–Crippen LogP) is 2.24. The van der Waals surface area contributed by atoms with Crippen molar-refractivity contribution in [1.82, 2.24) is 14.9 Å². The summed E-state index contributed by atoms with van der Waals surface area (Å²) in [5.41, 5.74) is 3.20. The van der Waals surface area contributed by atoms with Crippen LogP contribution in [0.5, 0.6) is 5.75 Å². The lowest BCUT2D eigenvalue weighted by molar-refractivity contribution is 0.146. The minimum Gasteiger partial charge on any atom is -0.491 e. The summed E-state index contributed by atoms with van der Waals surface area (Å²) in [4.78, 5) is 22.5. The molecule has 6 heteroatoms. The first-order valence-corrected chi connectivity index (χ1v) is 9.69.